The average molecular weight is 603 g/mol. The second-order valence-electron chi connectivity index (χ2n) is 13.1. The number of nitrogens with one attached hydrogen (secondary N) is 1. The van der Waals surface area contributed by atoms with Crippen molar-refractivity contribution >= 4 is 33.2 Å². The molecule has 1 aliphatic rings. The first kappa shape index (κ1) is 27.5. The summed E-state index contributed by atoms with van der Waals surface area (Å²) in [5.41, 5.74) is 16.0. The van der Waals surface area contributed by atoms with Crippen LogP contribution in [0.4, 0.5) is 11.4 Å². The molecule has 8 aromatic rings. The molecule has 0 fully saturated rings. The van der Waals surface area contributed by atoms with E-state index in [0.717, 1.165) is 11.4 Å². The summed E-state index contributed by atoms with van der Waals surface area (Å²) in [4.78, 5) is 0. The van der Waals surface area contributed by atoms with E-state index >= 15 is 0 Å². The Labute approximate surface area is 275 Å². The van der Waals surface area contributed by atoms with Crippen molar-refractivity contribution in [1.29, 1.82) is 0 Å². The SMILES string of the molecule is CC1(C)c2ccccc2-c2ccc(Nc3ccccc3)c(-c3ccc(-c4ccc5c(c4)c4ccccc4n5-c4ccccc4)cc3)c21. The normalized spacial score (nSPS) is 13.1. The number of para-hydroxylation sites is 3. The van der Waals surface area contributed by atoms with Crippen LogP contribution in [0.25, 0.3) is 60.9 Å². The minimum Gasteiger partial charge on any atom is -0.355 e. The Morgan fingerprint density at radius 3 is 1.94 bits per heavy atom. The molecular weight excluding hydrogens is 569 g/mol. The molecule has 0 saturated carbocycles. The van der Waals surface area contributed by atoms with E-state index in [-0.39, 0.29) is 5.41 Å². The maximum atomic E-state index is 3.76. The minimum atomic E-state index is -0.133. The zero-order chi connectivity index (χ0) is 31.5. The monoisotopic (exact) mass is 602 g/mol. The van der Waals surface area contributed by atoms with Crippen molar-refractivity contribution in [2.75, 3.05) is 5.32 Å². The van der Waals surface area contributed by atoms with Gasteiger partial charge in [0.25, 0.3) is 0 Å². The van der Waals surface area contributed by atoms with Crippen LogP contribution >= 0.6 is 0 Å². The highest BCUT2D eigenvalue weighted by molar-refractivity contribution is 6.10. The molecule has 2 nitrogen and oxygen atoms in total. The van der Waals surface area contributed by atoms with E-state index in [4.69, 9.17) is 0 Å². The lowest BCUT2D eigenvalue weighted by Crippen LogP contribution is -2.17. The van der Waals surface area contributed by atoms with Gasteiger partial charge in [-0.15, -0.1) is 0 Å². The summed E-state index contributed by atoms with van der Waals surface area (Å²) >= 11 is 0. The Morgan fingerprint density at radius 1 is 0.489 bits per heavy atom. The summed E-state index contributed by atoms with van der Waals surface area (Å²) in [5.74, 6) is 0. The van der Waals surface area contributed by atoms with Crippen molar-refractivity contribution in [1.82, 2.24) is 4.57 Å². The lowest BCUT2D eigenvalue weighted by molar-refractivity contribution is 0.662. The second kappa shape index (κ2) is 10.6. The molecule has 0 atom stereocenters. The van der Waals surface area contributed by atoms with Crippen LogP contribution in [0.5, 0.6) is 0 Å². The third kappa shape index (κ3) is 4.33. The number of rotatable bonds is 5. The van der Waals surface area contributed by atoms with Gasteiger partial charge < -0.3 is 9.88 Å². The third-order valence-corrected chi connectivity index (χ3v) is 9.97. The van der Waals surface area contributed by atoms with Crippen molar-refractivity contribution in [3.05, 3.63) is 175 Å². The van der Waals surface area contributed by atoms with Crippen LogP contribution in [0, 0.1) is 0 Å². The zero-order valence-electron chi connectivity index (χ0n) is 26.5. The summed E-state index contributed by atoms with van der Waals surface area (Å²) in [6.07, 6.45) is 0. The first-order chi connectivity index (χ1) is 23.1. The molecule has 1 aromatic heterocycles. The number of anilines is 2. The number of hydrogen-bond donors (Lipinski definition) is 1. The van der Waals surface area contributed by atoms with E-state index < -0.39 is 0 Å². The van der Waals surface area contributed by atoms with Gasteiger partial charge in [0.05, 0.1) is 11.0 Å². The van der Waals surface area contributed by atoms with Crippen LogP contribution in [0.3, 0.4) is 0 Å². The van der Waals surface area contributed by atoms with Crippen LogP contribution < -0.4 is 5.32 Å². The van der Waals surface area contributed by atoms with E-state index in [1.165, 1.54) is 72.0 Å². The van der Waals surface area contributed by atoms with E-state index in [0.29, 0.717) is 0 Å². The molecule has 0 unspecified atom stereocenters. The van der Waals surface area contributed by atoms with Crippen LogP contribution in [0.1, 0.15) is 25.0 Å². The van der Waals surface area contributed by atoms with Gasteiger partial charge in [-0.2, -0.15) is 0 Å². The first-order valence-corrected chi connectivity index (χ1v) is 16.4. The Morgan fingerprint density at radius 2 is 1.13 bits per heavy atom. The number of benzene rings is 7. The predicted octanol–water partition coefficient (Wildman–Crippen LogP) is 12.2. The Hall–Kier alpha value is -5.86. The smallest absolute Gasteiger partial charge is 0.0541 e. The molecule has 0 amide bonds. The highest BCUT2D eigenvalue weighted by Gasteiger charge is 2.38. The average Bonchev–Trinajstić information content (AvgIpc) is 3.57. The summed E-state index contributed by atoms with van der Waals surface area (Å²) in [5, 5.41) is 6.29. The first-order valence-electron chi connectivity index (χ1n) is 16.4. The van der Waals surface area contributed by atoms with Gasteiger partial charge in [0, 0.05) is 38.8 Å². The van der Waals surface area contributed by atoms with E-state index in [1.54, 1.807) is 0 Å². The Bertz CT molecular complexity index is 2430. The van der Waals surface area contributed by atoms with Gasteiger partial charge in [-0.05, 0) is 87.5 Å². The molecule has 224 valence electrons. The molecule has 0 saturated heterocycles. The van der Waals surface area contributed by atoms with Gasteiger partial charge in [0.1, 0.15) is 0 Å². The van der Waals surface area contributed by atoms with Gasteiger partial charge in [-0.1, -0.05) is 129 Å². The second-order valence-corrected chi connectivity index (χ2v) is 13.1. The molecule has 0 spiro atoms. The topological polar surface area (TPSA) is 17.0 Å². The van der Waals surface area contributed by atoms with Crippen molar-refractivity contribution < 1.29 is 0 Å². The van der Waals surface area contributed by atoms with Crippen molar-refractivity contribution in [2.45, 2.75) is 19.3 Å². The highest BCUT2D eigenvalue weighted by Crippen LogP contribution is 2.54. The third-order valence-electron chi connectivity index (χ3n) is 9.97. The van der Waals surface area contributed by atoms with E-state index in [2.05, 4.69) is 188 Å². The molecule has 47 heavy (non-hydrogen) atoms. The largest absolute Gasteiger partial charge is 0.355 e. The number of hydrogen-bond acceptors (Lipinski definition) is 1. The standard InChI is InChI=1S/C45H34N2/c1-45(2)39-19-11-9-17-35(39)37-26-27-40(46-33-13-5-3-6-14-33)43(44(37)45)31-23-21-30(22-24-31)32-25-28-42-38(29-32)36-18-10-12-20-41(36)47(42)34-15-7-4-8-16-34/h3-29,46H,1-2H3. The Balaban J connectivity index is 1.18. The van der Waals surface area contributed by atoms with Crippen LogP contribution in [0.2, 0.25) is 0 Å². The number of nitrogens with zero attached hydrogens (tertiary/aromatic N) is 1. The quantitative estimate of drug-likeness (QED) is 0.207. The maximum absolute atomic E-state index is 3.76. The Kier molecular flexibility index (Phi) is 6.20. The summed E-state index contributed by atoms with van der Waals surface area (Å²) in [7, 11) is 0. The number of aromatic nitrogens is 1. The fourth-order valence-corrected chi connectivity index (χ4v) is 7.79. The highest BCUT2D eigenvalue weighted by atomic mass is 15.0. The minimum absolute atomic E-state index is 0.133. The molecule has 0 radical (unpaired) electrons. The van der Waals surface area contributed by atoms with Gasteiger partial charge in [0.15, 0.2) is 0 Å². The van der Waals surface area contributed by atoms with Crippen LogP contribution in [-0.2, 0) is 5.41 Å². The summed E-state index contributed by atoms with van der Waals surface area (Å²) in [6.45, 7) is 4.73. The fraction of sp³-hybridized carbons (Fsp3) is 0.0667. The van der Waals surface area contributed by atoms with Crippen LogP contribution in [0.15, 0.2) is 164 Å². The summed E-state index contributed by atoms with van der Waals surface area (Å²) < 4.78 is 2.37. The van der Waals surface area contributed by atoms with Crippen LogP contribution in [-0.4, -0.2) is 4.57 Å². The lowest BCUT2D eigenvalue weighted by atomic mass is 9.78. The summed E-state index contributed by atoms with van der Waals surface area (Å²) in [6, 6.07) is 59.3. The molecule has 0 bridgehead atoms. The molecule has 1 aliphatic carbocycles. The fourth-order valence-electron chi connectivity index (χ4n) is 7.79. The molecular formula is C45H34N2. The molecule has 7 aromatic carbocycles. The lowest BCUT2D eigenvalue weighted by Gasteiger charge is -2.26. The predicted molar refractivity (Wildman–Crippen MR) is 199 cm³/mol. The molecule has 1 heterocycles. The molecule has 9 rings (SSSR count). The maximum Gasteiger partial charge on any atom is 0.0541 e. The van der Waals surface area contributed by atoms with E-state index in [9.17, 15) is 0 Å². The van der Waals surface area contributed by atoms with Crippen molar-refractivity contribution in [3.8, 4) is 39.1 Å². The van der Waals surface area contributed by atoms with Gasteiger partial charge >= 0.3 is 0 Å². The molecule has 0 aliphatic heterocycles. The van der Waals surface area contributed by atoms with Gasteiger partial charge in [-0.25, -0.2) is 0 Å². The molecule has 1 N–H and O–H groups in total. The van der Waals surface area contributed by atoms with E-state index in [1.807, 2.05) is 0 Å². The van der Waals surface area contributed by atoms with Gasteiger partial charge in [0.2, 0.25) is 0 Å². The van der Waals surface area contributed by atoms with Crippen molar-refractivity contribution in [3.63, 3.8) is 0 Å². The zero-order valence-corrected chi connectivity index (χ0v) is 26.5. The number of fused-ring (bicyclic) bond motifs is 6. The molecule has 2 heteroatoms. The van der Waals surface area contributed by atoms with Crippen molar-refractivity contribution in [2.24, 2.45) is 0 Å². The van der Waals surface area contributed by atoms with Gasteiger partial charge in [-0.3, -0.25) is 0 Å².